The molecular weight excluding hydrogens is 262 g/mol. The lowest BCUT2D eigenvalue weighted by Gasteiger charge is -2.34. The standard InChI is InChI=1S/C15H22ClNO2/c1-18-14-7-6-12(9-15(14)19-2)11-17-8-4-3-5-13(17)10-16/h6-7,9,13H,3-5,8,10-11H2,1-2H3/t13-/m1/s1. The average Bonchev–Trinajstić information content (AvgIpc) is 2.47. The number of halogens is 1. The van der Waals surface area contributed by atoms with Crippen molar-refractivity contribution in [3.63, 3.8) is 0 Å². The number of ether oxygens (including phenoxy) is 2. The largest absolute Gasteiger partial charge is 0.493 e. The molecule has 0 saturated carbocycles. The molecule has 1 saturated heterocycles. The van der Waals surface area contributed by atoms with Crippen molar-refractivity contribution in [2.75, 3.05) is 26.6 Å². The van der Waals surface area contributed by atoms with Crippen LogP contribution in [-0.2, 0) is 6.54 Å². The number of hydrogen-bond acceptors (Lipinski definition) is 3. The number of alkyl halides is 1. The normalized spacial score (nSPS) is 20.3. The Morgan fingerprint density at radius 2 is 2.00 bits per heavy atom. The van der Waals surface area contributed by atoms with Crippen molar-refractivity contribution in [3.05, 3.63) is 23.8 Å². The summed E-state index contributed by atoms with van der Waals surface area (Å²) in [6, 6.07) is 6.62. The lowest BCUT2D eigenvalue weighted by Crippen LogP contribution is -2.40. The van der Waals surface area contributed by atoms with Crippen LogP contribution in [0.25, 0.3) is 0 Å². The summed E-state index contributed by atoms with van der Waals surface area (Å²) in [6.07, 6.45) is 3.76. The van der Waals surface area contributed by atoms with Crippen LogP contribution in [0.1, 0.15) is 24.8 Å². The monoisotopic (exact) mass is 283 g/mol. The van der Waals surface area contributed by atoms with Gasteiger partial charge in [-0.1, -0.05) is 12.5 Å². The Bertz CT molecular complexity index is 411. The van der Waals surface area contributed by atoms with Gasteiger partial charge in [-0.2, -0.15) is 0 Å². The van der Waals surface area contributed by atoms with Crippen LogP contribution in [-0.4, -0.2) is 37.6 Å². The second-order valence-electron chi connectivity index (χ2n) is 4.96. The molecule has 0 aliphatic carbocycles. The second-order valence-corrected chi connectivity index (χ2v) is 5.27. The maximum Gasteiger partial charge on any atom is 0.161 e. The zero-order valence-electron chi connectivity index (χ0n) is 11.7. The summed E-state index contributed by atoms with van der Waals surface area (Å²) in [5, 5.41) is 0. The summed E-state index contributed by atoms with van der Waals surface area (Å²) in [7, 11) is 3.33. The van der Waals surface area contributed by atoms with Gasteiger partial charge in [0.05, 0.1) is 14.2 Å². The first-order chi connectivity index (χ1) is 9.28. The summed E-state index contributed by atoms with van der Waals surface area (Å²) in [4.78, 5) is 2.47. The molecule has 2 rings (SSSR count). The van der Waals surface area contributed by atoms with E-state index < -0.39 is 0 Å². The molecule has 4 heteroatoms. The predicted octanol–water partition coefficient (Wildman–Crippen LogP) is 3.30. The number of likely N-dealkylation sites (tertiary alicyclic amines) is 1. The zero-order valence-corrected chi connectivity index (χ0v) is 12.4. The molecule has 1 atom stereocenters. The minimum Gasteiger partial charge on any atom is -0.493 e. The van der Waals surface area contributed by atoms with E-state index in [-0.39, 0.29) is 0 Å². The Balaban J connectivity index is 2.09. The van der Waals surface area contributed by atoms with Crippen LogP contribution in [0.15, 0.2) is 18.2 Å². The lowest BCUT2D eigenvalue weighted by atomic mass is 10.0. The Morgan fingerprint density at radius 3 is 2.68 bits per heavy atom. The summed E-state index contributed by atoms with van der Waals surface area (Å²) in [5.41, 5.74) is 1.25. The number of piperidine rings is 1. The number of nitrogens with zero attached hydrogens (tertiary/aromatic N) is 1. The van der Waals surface area contributed by atoms with E-state index in [1.165, 1.54) is 24.8 Å². The second kappa shape index (κ2) is 7.01. The number of rotatable bonds is 5. The van der Waals surface area contributed by atoms with Crippen molar-refractivity contribution < 1.29 is 9.47 Å². The third-order valence-electron chi connectivity index (χ3n) is 3.76. The van der Waals surface area contributed by atoms with Crippen LogP contribution >= 0.6 is 11.6 Å². The fourth-order valence-electron chi connectivity index (χ4n) is 2.66. The highest BCUT2D eigenvalue weighted by atomic mass is 35.5. The fourth-order valence-corrected chi connectivity index (χ4v) is 3.01. The van der Waals surface area contributed by atoms with E-state index in [4.69, 9.17) is 21.1 Å². The highest BCUT2D eigenvalue weighted by Crippen LogP contribution is 2.29. The van der Waals surface area contributed by atoms with Crippen LogP contribution in [0.4, 0.5) is 0 Å². The van der Waals surface area contributed by atoms with Crippen LogP contribution in [0.3, 0.4) is 0 Å². The van der Waals surface area contributed by atoms with Crippen LogP contribution in [0.5, 0.6) is 11.5 Å². The van der Waals surface area contributed by atoms with E-state index in [0.29, 0.717) is 11.9 Å². The molecule has 106 valence electrons. The van der Waals surface area contributed by atoms with Gasteiger partial charge >= 0.3 is 0 Å². The minimum absolute atomic E-state index is 0.503. The van der Waals surface area contributed by atoms with E-state index in [2.05, 4.69) is 17.0 Å². The van der Waals surface area contributed by atoms with E-state index in [1.54, 1.807) is 14.2 Å². The quantitative estimate of drug-likeness (QED) is 0.774. The molecule has 3 nitrogen and oxygen atoms in total. The number of benzene rings is 1. The lowest BCUT2D eigenvalue weighted by molar-refractivity contribution is 0.155. The first-order valence-corrected chi connectivity index (χ1v) is 7.33. The van der Waals surface area contributed by atoms with Crippen molar-refractivity contribution >= 4 is 11.6 Å². The van der Waals surface area contributed by atoms with Crippen molar-refractivity contribution in [1.82, 2.24) is 4.90 Å². The number of hydrogen-bond donors (Lipinski definition) is 0. The third-order valence-corrected chi connectivity index (χ3v) is 4.12. The molecule has 1 aromatic rings. The highest BCUT2D eigenvalue weighted by Gasteiger charge is 2.21. The smallest absolute Gasteiger partial charge is 0.161 e. The molecule has 0 bridgehead atoms. The van der Waals surface area contributed by atoms with Crippen LogP contribution in [0, 0.1) is 0 Å². The molecule has 0 amide bonds. The van der Waals surface area contributed by atoms with Gasteiger partial charge in [0.15, 0.2) is 11.5 Å². The molecule has 1 aliphatic heterocycles. The molecule has 1 fully saturated rings. The molecule has 19 heavy (non-hydrogen) atoms. The summed E-state index contributed by atoms with van der Waals surface area (Å²) < 4.78 is 10.6. The molecule has 0 N–H and O–H groups in total. The van der Waals surface area contributed by atoms with Crippen molar-refractivity contribution in [3.8, 4) is 11.5 Å². The Labute approximate surface area is 120 Å². The third kappa shape index (κ3) is 3.54. The Hall–Kier alpha value is -0.930. The van der Waals surface area contributed by atoms with Gasteiger partial charge in [-0.25, -0.2) is 0 Å². The van der Waals surface area contributed by atoms with Crippen molar-refractivity contribution in [2.24, 2.45) is 0 Å². The number of methoxy groups -OCH3 is 2. The topological polar surface area (TPSA) is 21.7 Å². The van der Waals surface area contributed by atoms with E-state index in [0.717, 1.165) is 24.6 Å². The van der Waals surface area contributed by atoms with E-state index >= 15 is 0 Å². The van der Waals surface area contributed by atoms with Gasteiger partial charge < -0.3 is 9.47 Å². The van der Waals surface area contributed by atoms with Gasteiger partial charge in [-0.3, -0.25) is 4.90 Å². The molecule has 1 heterocycles. The first kappa shape index (κ1) is 14.5. The first-order valence-electron chi connectivity index (χ1n) is 6.79. The van der Waals surface area contributed by atoms with E-state index in [9.17, 15) is 0 Å². The Kier molecular flexibility index (Phi) is 5.34. The van der Waals surface area contributed by atoms with Crippen LogP contribution < -0.4 is 9.47 Å². The summed E-state index contributed by atoms with van der Waals surface area (Å²) >= 11 is 6.06. The molecule has 0 unspecified atom stereocenters. The minimum atomic E-state index is 0.503. The molecule has 0 spiro atoms. The zero-order chi connectivity index (χ0) is 13.7. The van der Waals surface area contributed by atoms with Gasteiger partial charge in [0.1, 0.15) is 0 Å². The predicted molar refractivity (Wildman–Crippen MR) is 78.3 cm³/mol. The highest BCUT2D eigenvalue weighted by molar-refractivity contribution is 6.18. The maximum atomic E-state index is 6.06. The maximum absolute atomic E-state index is 6.06. The summed E-state index contributed by atoms with van der Waals surface area (Å²) in [6.45, 7) is 2.06. The van der Waals surface area contributed by atoms with Gasteiger partial charge in [-0.15, -0.1) is 11.6 Å². The van der Waals surface area contributed by atoms with Gasteiger partial charge in [-0.05, 0) is 37.1 Å². The van der Waals surface area contributed by atoms with Crippen molar-refractivity contribution in [1.29, 1.82) is 0 Å². The SMILES string of the molecule is COc1ccc(CN2CCCC[C@@H]2CCl)cc1OC. The summed E-state index contributed by atoms with van der Waals surface area (Å²) in [5.74, 6) is 2.28. The average molecular weight is 284 g/mol. The molecule has 1 aliphatic rings. The Morgan fingerprint density at radius 1 is 1.21 bits per heavy atom. The van der Waals surface area contributed by atoms with Crippen LogP contribution in [0.2, 0.25) is 0 Å². The molecular formula is C15H22ClNO2. The molecule has 0 radical (unpaired) electrons. The van der Waals surface area contributed by atoms with Crippen molar-refractivity contribution in [2.45, 2.75) is 31.8 Å². The molecule has 0 aromatic heterocycles. The van der Waals surface area contributed by atoms with Gasteiger partial charge in [0, 0.05) is 18.5 Å². The fraction of sp³-hybridized carbons (Fsp3) is 0.600. The molecule has 1 aromatic carbocycles. The van der Waals surface area contributed by atoms with Gasteiger partial charge in [0.25, 0.3) is 0 Å². The van der Waals surface area contributed by atoms with E-state index in [1.807, 2.05) is 6.07 Å². The van der Waals surface area contributed by atoms with Gasteiger partial charge in [0.2, 0.25) is 0 Å².